The molecule has 1 rings (SSSR count). The Labute approximate surface area is 116 Å². The van der Waals surface area contributed by atoms with Gasteiger partial charge in [0.1, 0.15) is 5.75 Å². The van der Waals surface area contributed by atoms with Gasteiger partial charge in [0.2, 0.25) is 0 Å². The van der Waals surface area contributed by atoms with E-state index in [9.17, 15) is 4.89 Å². The van der Waals surface area contributed by atoms with Crippen LogP contribution in [0.3, 0.4) is 0 Å². The van der Waals surface area contributed by atoms with Gasteiger partial charge in [-0.15, -0.1) is 0 Å². The standard InChI is InChI=1S/C10H14Cl2NO2PS/c1-6(2)13-16(14,17)15-10-7(3)4-8(11)5-9(10)12/h4-6H,1-3H3,(H2,13,14,17). The molecule has 1 aromatic rings. The van der Waals surface area contributed by atoms with Gasteiger partial charge in [-0.05, 0) is 50.3 Å². The number of halogens is 2. The molecule has 17 heavy (non-hydrogen) atoms. The number of rotatable bonds is 4. The molecule has 0 radical (unpaired) electrons. The molecule has 1 aromatic carbocycles. The first-order chi connectivity index (χ1) is 7.71. The lowest BCUT2D eigenvalue weighted by molar-refractivity contribution is 0.455. The SMILES string of the molecule is Cc1cc(Cl)cc(Cl)c1OP(O)(=S)NC(C)C. The summed E-state index contributed by atoms with van der Waals surface area (Å²) in [7, 11) is 0. The Morgan fingerprint density at radius 3 is 2.47 bits per heavy atom. The largest absolute Gasteiger partial charge is 0.431 e. The summed E-state index contributed by atoms with van der Waals surface area (Å²) in [6, 6.07) is 3.28. The van der Waals surface area contributed by atoms with Gasteiger partial charge >= 0.3 is 6.64 Å². The molecule has 7 heteroatoms. The highest BCUT2D eigenvalue weighted by molar-refractivity contribution is 8.08. The van der Waals surface area contributed by atoms with Gasteiger partial charge in [-0.3, -0.25) is 0 Å². The van der Waals surface area contributed by atoms with E-state index in [2.05, 4.69) is 5.09 Å². The van der Waals surface area contributed by atoms with Gasteiger partial charge in [-0.25, -0.2) is 5.09 Å². The number of aryl methyl sites for hydroxylation is 1. The second-order valence-corrected chi connectivity index (χ2v) is 7.74. The van der Waals surface area contributed by atoms with Crippen molar-refractivity contribution in [3.8, 4) is 5.75 Å². The van der Waals surface area contributed by atoms with Crippen molar-refractivity contribution >= 4 is 41.7 Å². The van der Waals surface area contributed by atoms with Crippen LogP contribution in [0, 0.1) is 6.92 Å². The minimum Gasteiger partial charge on any atom is -0.431 e. The number of hydrogen-bond donors (Lipinski definition) is 2. The van der Waals surface area contributed by atoms with Crippen LogP contribution in [0.4, 0.5) is 0 Å². The zero-order valence-corrected chi connectivity index (χ0v) is 12.9. The van der Waals surface area contributed by atoms with E-state index < -0.39 is 6.64 Å². The Hall–Kier alpha value is 0.170. The first kappa shape index (κ1) is 15.2. The van der Waals surface area contributed by atoms with Crippen molar-refractivity contribution in [2.45, 2.75) is 26.8 Å². The fraction of sp³-hybridized carbons (Fsp3) is 0.400. The molecule has 0 aliphatic heterocycles. The number of hydrogen-bond acceptors (Lipinski definition) is 2. The van der Waals surface area contributed by atoms with Crippen LogP contribution in [-0.4, -0.2) is 10.9 Å². The predicted octanol–water partition coefficient (Wildman–Crippen LogP) is 3.90. The van der Waals surface area contributed by atoms with E-state index in [0.717, 1.165) is 5.56 Å². The van der Waals surface area contributed by atoms with Gasteiger partial charge in [0.25, 0.3) is 0 Å². The molecule has 0 spiro atoms. The molecule has 1 unspecified atom stereocenters. The van der Waals surface area contributed by atoms with Crippen molar-refractivity contribution in [3.05, 3.63) is 27.7 Å². The Morgan fingerprint density at radius 1 is 1.41 bits per heavy atom. The Kier molecular flexibility index (Phi) is 5.26. The van der Waals surface area contributed by atoms with Gasteiger partial charge < -0.3 is 9.42 Å². The van der Waals surface area contributed by atoms with Crippen LogP contribution < -0.4 is 9.61 Å². The summed E-state index contributed by atoms with van der Waals surface area (Å²) in [6.45, 7) is 2.45. The van der Waals surface area contributed by atoms with Crippen molar-refractivity contribution in [1.82, 2.24) is 5.09 Å². The second kappa shape index (κ2) is 5.87. The van der Waals surface area contributed by atoms with E-state index in [1.54, 1.807) is 19.1 Å². The average Bonchev–Trinajstić information content (AvgIpc) is 2.09. The van der Waals surface area contributed by atoms with Crippen molar-refractivity contribution in [1.29, 1.82) is 0 Å². The smallest absolute Gasteiger partial charge is 0.310 e. The fourth-order valence-corrected chi connectivity index (χ4v) is 4.02. The molecule has 0 fully saturated rings. The zero-order valence-electron chi connectivity index (χ0n) is 9.70. The molecule has 0 aliphatic carbocycles. The maximum absolute atomic E-state index is 9.96. The quantitative estimate of drug-likeness (QED) is 0.827. The third-order valence-electron chi connectivity index (χ3n) is 1.83. The van der Waals surface area contributed by atoms with Crippen LogP contribution in [0.15, 0.2) is 12.1 Å². The van der Waals surface area contributed by atoms with E-state index in [4.69, 9.17) is 39.5 Å². The molecule has 0 heterocycles. The minimum absolute atomic E-state index is 0.0252. The summed E-state index contributed by atoms with van der Waals surface area (Å²) in [5.41, 5.74) is 0.733. The van der Waals surface area contributed by atoms with Crippen LogP contribution in [-0.2, 0) is 11.8 Å². The molecule has 2 N–H and O–H groups in total. The van der Waals surface area contributed by atoms with Gasteiger partial charge in [0.05, 0.1) is 5.02 Å². The van der Waals surface area contributed by atoms with Crippen molar-refractivity contribution < 1.29 is 9.42 Å². The number of benzene rings is 1. The van der Waals surface area contributed by atoms with E-state index in [1.165, 1.54) is 0 Å². The highest BCUT2D eigenvalue weighted by Gasteiger charge is 2.19. The van der Waals surface area contributed by atoms with Gasteiger partial charge in [0.15, 0.2) is 0 Å². The summed E-state index contributed by atoms with van der Waals surface area (Å²) in [4.78, 5) is 9.96. The van der Waals surface area contributed by atoms with Gasteiger partial charge in [-0.1, -0.05) is 23.2 Å². The van der Waals surface area contributed by atoms with Crippen LogP contribution in [0.25, 0.3) is 0 Å². The first-order valence-corrected chi connectivity index (χ1v) is 8.40. The topological polar surface area (TPSA) is 41.5 Å². The van der Waals surface area contributed by atoms with Crippen molar-refractivity contribution in [2.24, 2.45) is 0 Å². The second-order valence-electron chi connectivity index (χ2n) is 3.93. The molecule has 3 nitrogen and oxygen atoms in total. The Morgan fingerprint density at radius 2 is 2.00 bits per heavy atom. The van der Waals surface area contributed by atoms with Crippen molar-refractivity contribution in [3.63, 3.8) is 0 Å². The molecular formula is C10H14Cl2NO2PS. The van der Waals surface area contributed by atoms with Crippen LogP contribution in [0.2, 0.25) is 10.0 Å². The monoisotopic (exact) mass is 313 g/mol. The Balaban J connectivity index is 2.99. The highest BCUT2D eigenvalue weighted by atomic mass is 35.5. The molecular weight excluding hydrogens is 300 g/mol. The van der Waals surface area contributed by atoms with Crippen molar-refractivity contribution in [2.75, 3.05) is 0 Å². The molecule has 1 atom stereocenters. The molecule has 0 aromatic heterocycles. The van der Waals surface area contributed by atoms with Gasteiger partial charge in [-0.2, -0.15) is 0 Å². The summed E-state index contributed by atoms with van der Waals surface area (Å²) in [5, 5.41) is 3.66. The van der Waals surface area contributed by atoms with Crippen LogP contribution in [0.1, 0.15) is 19.4 Å². The summed E-state index contributed by atoms with van der Waals surface area (Å²) in [5.74, 6) is 0.370. The molecule has 0 bridgehead atoms. The predicted molar refractivity (Wildman–Crippen MR) is 76.6 cm³/mol. The lowest BCUT2D eigenvalue weighted by Crippen LogP contribution is -2.21. The van der Waals surface area contributed by atoms with E-state index in [1.807, 2.05) is 13.8 Å². The maximum Gasteiger partial charge on any atom is 0.310 e. The number of nitrogens with one attached hydrogen (secondary N) is 1. The summed E-state index contributed by atoms with van der Waals surface area (Å²) >= 11 is 16.8. The molecule has 0 amide bonds. The molecule has 96 valence electrons. The molecule has 0 saturated carbocycles. The van der Waals surface area contributed by atoms with E-state index in [0.29, 0.717) is 15.8 Å². The lowest BCUT2D eigenvalue weighted by atomic mass is 10.2. The average molecular weight is 314 g/mol. The van der Waals surface area contributed by atoms with E-state index >= 15 is 0 Å². The third-order valence-corrected chi connectivity index (χ3v) is 4.14. The third kappa shape index (κ3) is 4.74. The summed E-state index contributed by atoms with van der Waals surface area (Å²) < 4.78 is 5.41. The van der Waals surface area contributed by atoms with Crippen LogP contribution in [0.5, 0.6) is 5.75 Å². The zero-order chi connectivity index (χ0) is 13.2. The minimum atomic E-state index is -3.08. The first-order valence-electron chi connectivity index (χ1n) is 4.97. The normalized spacial score (nSPS) is 14.8. The molecule has 0 saturated heterocycles. The fourth-order valence-electron chi connectivity index (χ4n) is 1.28. The maximum atomic E-state index is 9.96. The summed E-state index contributed by atoms with van der Waals surface area (Å²) in [6.07, 6.45) is 0. The van der Waals surface area contributed by atoms with E-state index in [-0.39, 0.29) is 6.04 Å². The van der Waals surface area contributed by atoms with Crippen LogP contribution >= 0.6 is 29.8 Å². The van der Waals surface area contributed by atoms with Gasteiger partial charge in [0, 0.05) is 11.1 Å². The molecule has 0 aliphatic rings. The Bertz CT molecular complexity index is 445. The highest BCUT2D eigenvalue weighted by Crippen LogP contribution is 2.44. The lowest BCUT2D eigenvalue weighted by Gasteiger charge is -2.22.